The molecule has 0 unspecified atom stereocenters. The second-order valence-electron chi connectivity index (χ2n) is 4.15. The van der Waals surface area contributed by atoms with Gasteiger partial charge in [0.15, 0.2) is 5.96 Å². The van der Waals surface area contributed by atoms with Crippen LogP contribution in [0.3, 0.4) is 0 Å². The molecule has 0 aromatic carbocycles. The third-order valence-electron chi connectivity index (χ3n) is 2.53. The highest BCUT2D eigenvalue weighted by atomic mass is 32.1. The maximum Gasteiger partial charge on any atom is 0.191 e. The van der Waals surface area contributed by atoms with Crippen LogP contribution in [0.15, 0.2) is 34.9 Å². The van der Waals surface area contributed by atoms with Gasteiger partial charge in [0, 0.05) is 30.2 Å². The minimum atomic E-state index is 0.633. The first-order valence-electron chi connectivity index (χ1n) is 6.30. The van der Waals surface area contributed by atoms with Gasteiger partial charge in [0.05, 0.1) is 19.3 Å². The summed E-state index contributed by atoms with van der Waals surface area (Å²) in [4.78, 5) is 5.84. The Morgan fingerprint density at radius 2 is 2.37 bits per heavy atom. The molecule has 0 saturated carbocycles. The van der Waals surface area contributed by atoms with Gasteiger partial charge < -0.3 is 10.6 Å². The molecule has 2 aromatic rings. The number of hydrogen-bond acceptors (Lipinski definition) is 3. The van der Waals surface area contributed by atoms with E-state index >= 15 is 0 Å². The summed E-state index contributed by atoms with van der Waals surface area (Å²) in [5, 5.41) is 12.8. The molecule has 0 fully saturated rings. The molecule has 0 amide bonds. The maximum atomic E-state index is 4.54. The van der Waals surface area contributed by atoms with Crippen molar-refractivity contribution in [3.63, 3.8) is 0 Å². The minimum absolute atomic E-state index is 0.633. The molecule has 5 nitrogen and oxygen atoms in total. The van der Waals surface area contributed by atoms with E-state index in [1.165, 1.54) is 4.88 Å². The quantitative estimate of drug-likeness (QED) is 0.646. The van der Waals surface area contributed by atoms with Crippen molar-refractivity contribution in [3.8, 4) is 0 Å². The van der Waals surface area contributed by atoms with Crippen molar-refractivity contribution in [1.82, 2.24) is 20.4 Å². The van der Waals surface area contributed by atoms with Gasteiger partial charge in [-0.2, -0.15) is 5.10 Å². The molecule has 0 radical (unpaired) electrons. The summed E-state index contributed by atoms with van der Waals surface area (Å²) in [6.07, 6.45) is 3.82. The highest BCUT2D eigenvalue weighted by Crippen LogP contribution is 2.07. The maximum absolute atomic E-state index is 4.54. The monoisotopic (exact) mass is 277 g/mol. The smallest absolute Gasteiger partial charge is 0.191 e. The molecule has 2 aromatic heterocycles. The fourth-order valence-electron chi connectivity index (χ4n) is 1.65. The Balaban J connectivity index is 1.90. The zero-order valence-corrected chi connectivity index (χ0v) is 12.1. The lowest BCUT2D eigenvalue weighted by atomic mass is 10.4. The standard InChI is InChI=1S/C13H19N5S/c1-3-14-13(16-9-12-5-4-6-19-12)15-7-11-8-17-18(2)10-11/h4-6,8,10H,3,7,9H2,1-2H3,(H2,14,15,16). The van der Waals surface area contributed by atoms with Crippen LogP contribution in [0.2, 0.25) is 0 Å². The van der Waals surface area contributed by atoms with E-state index in [0.29, 0.717) is 6.54 Å². The number of thiophene rings is 1. The van der Waals surface area contributed by atoms with Crippen molar-refractivity contribution < 1.29 is 0 Å². The van der Waals surface area contributed by atoms with Gasteiger partial charge in [0.25, 0.3) is 0 Å². The number of guanidine groups is 1. The SMILES string of the molecule is CCNC(=NCc1cnn(C)c1)NCc1cccs1. The fraction of sp³-hybridized carbons (Fsp3) is 0.385. The second-order valence-corrected chi connectivity index (χ2v) is 5.18. The highest BCUT2D eigenvalue weighted by molar-refractivity contribution is 7.09. The first-order chi connectivity index (χ1) is 9.28. The molecule has 6 heteroatoms. The van der Waals surface area contributed by atoms with Crippen molar-refractivity contribution in [1.29, 1.82) is 0 Å². The van der Waals surface area contributed by atoms with E-state index in [2.05, 4.69) is 45.2 Å². The Bertz CT molecular complexity index is 515. The van der Waals surface area contributed by atoms with Crippen molar-refractivity contribution in [2.45, 2.75) is 20.0 Å². The largest absolute Gasteiger partial charge is 0.357 e. The lowest BCUT2D eigenvalue weighted by Crippen LogP contribution is -2.36. The fourth-order valence-corrected chi connectivity index (χ4v) is 2.29. The summed E-state index contributed by atoms with van der Waals surface area (Å²) in [5.74, 6) is 0.833. The number of aromatic nitrogens is 2. The summed E-state index contributed by atoms with van der Waals surface area (Å²) in [6.45, 7) is 4.35. The van der Waals surface area contributed by atoms with E-state index in [1.54, 1.807) is 16.0 Å². The summed E-state index contributed by atoms with van der Waals surface area (Å²) in [6, 6.07) is 4.17. The van der Waals surface area contributed by atoms with E-state index in [4.69, 9.17) is 0 Å². The van der Waals surface area contributed by atoms with Crippen LogP contribution in [0, 0.1) is 0 Å². The molecular weight excluding hydrogens is 258 g/mol. The lowest BCUT2D eigenvalue weighted by molar-refractivity contribution is 0.766. The first kappa shape index (κ1) is 13.6. The van der Waals surface area contributed by atoms with E-state index in [1.807, 2.05) is 19.4 Å². The number of aliphatic imine (C=N–C) groups is 1. The summed E-state index contributed by atoms with van der Waals surface area (Å²) < 4.78 is 1.79. The highest BCUT2D eigenvalue weighted by Gasteiger charge is 2.00. The van der Waals surface area contributed by atoms with Gasteiger partial charge in [-0.05, 0) is 18.4 Å². The van der Waals surface area contributed by atoms with Gasteiger partial charge >= 0.3 is 0 Å². The van der Waals surface area contributed by atoms with Crippen molar-refractivity contribution in [2.75, 3.05) is 6.54 Å². The molecule has 2 heterocycles. The number of aryl methyl sites for hydroxylation is 1. The summed E-state index contributed by atoms with van der Waals surface area (Å²) in [5.41, 5.74) is 1.11. The van der Waals surface area contributed by atoms with Crippen LogP contribution >= 0.6 is 11.3 Å². The molecule has 0 aliphatic heterocycles. The number of rotatable bonds is 5. The third kappa shape index (κ3) is 4.40. The molecule has 2 rings (SSSR count). The van der Waals surface area contributed by atoms with Crippen LogP contribution in [0.4, 0.5) is 0 Å². The molecule has 0 spiro atoms. The van der Waals surface area contributed by atoms with Crippen LogP contribution in [-0.2, 0) is 20.1 Å². The molecule has 0 bridgehead atoms. The number of nitrogens with one attached hydrogen (secondary N) is 2. The van der Waals surface area contributed by atoms with Crippen LogP contribution < -0.4 is 10.6 Å². The Hall–Kier alpha value is -1.82. The van der Waals surface area contributed by atoms with Crippen molar-refractivity contribution in [3.05, 3.63) is 40.3 Å². The molecule has 0 atom stereocenters. The topological polar surface area (TPSA) is 54.2 Å². The van der Waals surface area contributed by atoms with E-state index < -0.39 is 0 Å². The Morgan fingerprint density at radius 1 is 1.47 bits per heavy atom. The average molecular weight is 277 g/mol. The van der Waals surface area contributed by atoms with Crippen LogP contribution in [0.25, 0.3) is 0 Å². The predicted molar refractivity (Wildman–Crippen MR) is 79.2 cm³/mol. The van der Waals surface area contributed by atoms with Gasteiger partial charge in [0.2, 0.25) is 0 Å². The normalized spacial score (nSPS) is 11.6. The minimum Gasteiger partial charge on any atom is -0.357 e. The van der Waals surface area contributed by atoms with Gasteiger partial charge in [-0.3, -0.25) is 4.68 Å². The van der Waals surface area contributed by atoms with Crippen LogP contribution in [-0.4, -0.2) is 22.3 Å². The van der Waals surface area contributed by atoms with Crippen LogP contribution in [0.5, 0.6) is 0 Å². The van der Waals surface area contributed by atoms with Gasteiger partial charge in [-0.25, -0.2) is 4.99 Å². The molecule has 0 saturated heterocycles. The van der Waals surface area contributed by atoms with Crippen molar-refractivity contribution >= 4 is 17.3 Å². The summed E-state index contributed by atoms with van der Waals surface area (Å²) in [7, 11) is 1.91. The van der Waals surface area contributed by atoms with Gasteiger partial charge in [-0.15, -0.1) is 11.3 Å². The van der Waals surface area contributed by atoms with Gasteiger partial charge in [0.1, 0.15) is 0 Å². The average Bonchev–Trinajstić information content (AvgIpc) is 3.04. The molecule has 102 valence electrons. The summed E-state index contributed by atoms with van der Waals surface area (Å²) >= 11 is 1.74. The Labute approximate surface area is 117 Å². The zero-order valence-electron chi connectivity index (χ0n) is 11.3. The van der Waals surface area contributed by atoms with Crippen LogP contribution in [0.1, 0.15) is 17.4 Å². The van der Waals surface area contributed by atoms with Crippen molar-refractivity contribution in [2.24, 2.45) is 12.0 Å². The van der Waals surface area contributed by atoms with Gasteiger partial charge in [-0.1, -0.05) is 6.07 Å². The number of hydrogen-bond donors (Lipinski definition) is 2. The van der Waals surface area contributed by atoms with E-state index in [0.717, 1.165) is 24.6 Å². The third-order valence-corrected chi connectivity index (χ3v) is 3.41. The molecule has 19 heavy (non-hydrogen) atoms. The number of nitrogens with zero attached hydrogens (tertiary/aromatic N) is 3. The lowest BCUT2D eigenvalue weighted by Gasteiger charge is -2.09. The zero-order chi connectivity index (χ0) is 13.5. The first-order valence-corrected chi connectivity index (χ1v) is 7.18. The molecular formula is C13H19N5S. The molecule has 2 N–H and O–H groups in total. The predicted octanol–water partition coefficient (Wildman–Crippen LogP) is 1.74. The molecule has 0 aliphatic rings. The Kier molecular flexibility index (Phi) is 4.97. The molecule has 0 aliphatic carbocycles. The second kappa shape index (κ2) is 6.94. The van der Waals surface area contributed by atoms with E-state index in [-0.39, 0.29) is 0 Å². The Morgan fingerprint density at radius 3 is 3.00 bits per heavy atom. The van der Waals surface area contributed by atoms with E-state index in [9.17, 15) is 0 Å².